The second-order valence-electron chi connectivity index (χ2n) is 3.95. The molecular weight excluding hydrogens is 172 g/mol. The van der Waals surface area contributed by atoms with E-state index in [9.17, 15) is 0 Å². The maximum Gasteiger partial charge on any atom is 0.0379 e. The van der Waals surface area contributed by atoms with Crippen molar-refractivity contribution in [1.82, 2.24) is 4.98 Å². The van der Waals surface area contributed by atoms with Crippen LogP contribution in [-0.2, 0) is 0 Å². The Hall–Kier alpha value is -1.15. The Morgan fingerprint density at radius 3 is 2.36 bits per heavy atom. The molecule has 1 heterocycles. The quantitative estimate of drug-likeness (QED) is 0.744. The standard InChI is InChI=1S/C12H18N2/c1-8(2)5-12(13)11-6-9(3)14-10(4)7-11/h6-7,12H,1,5,13H2,2-4H3. The van der Waals surface area contributed by atoms with Gasteiger partial charge >= 0.3 is 0 Å². The van der Waals surface area contributed by atoms with E-state index >= 15 is 0 Å². The average molecular weight is 190 g/mol. The Morgan fingerprint density at radius 1 is 1.43 bits per heavy atom. The summed E-state index contributed by atoms with van der Waals surface area (Å²) in [5.74, 6) is 0. The molecule has 1 rings (SSSR count). The lowest BCUT2D eigenvalue weighted by molar-refractivity contribution is 0.713. The molecule has 1 aromatic heterocycles. The number of pyridine rings is 1. The summed E-state index contributed by atoms with van der Waals surface area (Å²) in [5, 5.41) is 0. The van der Waals surface area contributed by atoms with Crippen LogP contribution >= 0.6 is 0 Å². The number of hydrogen-bond donors (Lipinski definition) is 1. The zero-order chi connectivity index (χ0) is 10.7. The highest BCUT2D eigenvalue weighted by Gasteiger charge is 2.07. The van der Waals surface area contributed by atoms with Gasteiger partial charge in [0.05, 0.1) is 0 Å². The number of aromatic nitrogens is 1. The maximum atomic E-state index is 6.05. The van der Waals surface area contributed by atoms with E-state index in [0.717, 1.165) is 28.9 Å². The first-order valence-electron chi connectivity index (χ1n) is 4.84. The van der Waals surface area contributed by atoms with Gasteiger partial charge in [-0.3, -0.25) is 4.98 Å². The van der Waals surface area contributed by atoms with Crippen molar-refractivity contribution in [3.8, 4) is 0 Å². The molecule has 0 aliphatic heterocycles. The van der Waals surface area contributed by atoms with Gasteiger partial charge in [0.1, 0.15) is 0 Å². The first kappa shape index (κ1) is 10.9. The van der Waals surface area contributed by atoms with Crippen molar-refractivity contribution >= 4 is 0 Å². The van der Waals surface area contributed by atoms with Crippen molar-refractivity contribution < 1.29 is 0 Å². The number of rotatable bonds is 3. The van der Waals surface area contributed by atoms with Crippen LogP contribution in [0.25, 0.3) is 0 Å². The average Bonchev–Trinajstić information content (AvgIpc) is 2.00. The predicted octanol–water partition coefficient (Wildman–Crippen LogP) is 2.66. The summed E-state index contributed by atoms with van der Waals surface area (Å²) >= 11 is 0. The lowest BCUT2D eigenvalue weighted by Gasteiger charge is -2.13. The van der Waals surface area contributed by atoms with Crippen LogP contribution in [0.1, 0.15) is 36.3 Å². The molecule has 0 spiro atoms. The monoisotopic (exact) mass is 190 g/mol. The van der Waals surface area contributed by atoms with Crippen molar-refractivity contribution in [2.75, 3.05) is 0 Å². The van der Waals surface area contributed by atoms with E-state index in [1.54, 1.807) is 0 Å². The number of nitrogens with zero attached hydrogens (tertiary/aromatic N) is 1. The van der Waals surface area contributed by atoms with Gasteiger partial charge in [0, 0.05) is 17.4 Å². The van der Waals surface area contributed by atoms with Gasteiger partial charge in [-0.25, -0.2) is 0 Å². The minimum atomic E-state index is 0.0490. The highest BCUT2D eigenvalue weighted by molar-refractivity contribution is 5.24. The molecule has 0 aliphatic rings. The van der Waals surface area contributed by atoms with Crippen molar-refractivity contribution in [2.45, 2.75) is 33.2 Å². The van der Waals surface area contributed by atoms with E-state index < -0.39 is 0 Å². The Bertz CT molecular complexity index is 322. The molecule has 1 atom stereocenters. The van der Waals surface area contributed by atoms with Crippen molar-refractivity contribution in [2.24, 2.45) is 5.73 Å². The van der Waals surface area contributed by atoms with Gasteiger partial charge in [0.2, 0.25) is 0 Å². The highest BCUT2D eigenvalue weighted by Crippen LogP contribution is 2.18. The summed E-state index contributed by atoms with van der Waals surface area (Å²) in [7, 11) is 0. The SMILES string of the molecule is C=C(C)CC(N)c1cc(C)nc(C)c1. The summed E-state index contributed by atoms with van der Waals surface area (Å²) < 4.78 is 0. The number of nitrogens with two attached hydrogens (primary N) is 1. The van der Waals surface area contributed by atoms with Crippen molar-refractivity contribution in [1.29, 1.82) is 0 Å². The lowest BCUT2D eigenvalue weighted by atomic mass is 10.0. The van der Waals surface area contributed by atoms with Crippen LogP contribution in [0, 0.1) is 13.8 Å². The normalized spacial score (nSPS) is 12.6. The largest absolute Gasteiger partial charge is 0.324 e. The van der Waals surface area contributed by atoms with Crippen LogP contribution in [0.3, 0.4) is 0 Å². The van der Waals surface area contributed by atoms with E-state index in [1.807, 2.05) is 32.9 Å². The van der Waals surface area contributed by atoms with E-state index in [1.165, 1.54) is 0 Å². The summed E-state index contributed by atoms with van der Waals surface area (Å²) in [6, 6.07) is 4.13. The van der Waals surface area contributed by atoms with Gasteiger partial charge in [-0.1, -0.05) is 5.57 Å². The second kappa shape index (κ2) is 4.38. The minimum Gasteiger partial charge on any atom is -0.324 e. The smallest absolute Gasteiger partial charge is 0.0379 e. The van der Waals surface area contributed by atoms with Crippen molar-refractivity contribution in [3.05, 3.63) is 41.2 Å². The van der Waals surface area contributed by atoms with E-state index in [2.05, 4.69) is 11.6 Å². The second-order valence-corrected chi connectivity index (χ2v) is 3.95. The Balaban J connectivity index is 2.89. The molecule has 2 N–H and O–H groups in total. The zero-order valence-corrected chi connectivity index (χ0v) is 9.17. The molecule has 1 unspecified atom stereocenters. The summed E-state index contributed by atoms with van der Waals surface area (Å²) in [5.41, 5.74) is 10.4. The molecule has 0 amide bonds. The third kappa shape index (κ3) is 2.96. The molecule has 0 radical (unpaired) electrons. The molecule has 0 aliphatic carbocycles. The first-order chi connectivity index (χ1) is 6.49. The Kier molecular flexibility index (Phi) is 3.42. The maximum absolute atomic E-state index is 6.05. The van der Waals surface area contributed by atoms with Crippen LogP contribution in [0.2, 0.25) is 0 Å². The molecular formula is C12H18N2. The molecule has 0 saturated carbocycles. The molecule has 0 aromatic carbocycles. The van der Waals surface area contributed by atoms with Crippen LogP contribution in [0.4, 0.5) is 0 Å². The zero-order valence-electron chi connectivity index (χ0n) is 9.17. The molecule has 14 heavy (non-hydrogen) atoms. The fraction of sp³-hybridized carbons (Fsp3) is 0.417. The fourth-order valence-electron chi connectivity index (χ4n) is 1.57. The fourth-order valence-corrected chi connectivity index (χ4v) is 1.57. The third-order valence-corrected chi connectivity index (χ3v) is 2.10. The van der Waals surface area contributed by atoms with Crippen LogP contribution in [-0.4, -0.2) is 4.98 Å². The van der Waals surface area contributed by atoms with Crippen LogP contribution in [0.15, 0.2) is 24.3 Å². The molecule has 1 aromatic rings. The van der Waals surface area contributed by atoms with E-state index in [4.69, 9.17) is 5.73 Å². The molecule has 0 bridgehead atoms. The third-order valence-electron chi connectivity index (χ3n) is 2.10. The van der Waals surface area contributed by atoms with Gasteiger partial charge < -0.3 is 5.73 Å². The Labute approximate surface area is 85.9 Å². The molecule has 2 heteroatoms. The van der Waals surface area contributed by atoms with Gasteiger partial charge in [-0.15, -0.1) is 6.58 Å². The Morgan fingerprint density at radius 2 is 1.93 bits per heavy atom. The first-order valence-corrected chi connectivity index (χ1v) is 4.84. The van der Waals surface area contributed by atoms with Crippen molar-refractivity contribution in [3.63, 3.8) is 0 Å². The van der Waals surface area contributed by atoms with Gasteiger partial charge in [-0.2, -0.15) is 0 Å². The van der Waals surface area contributed by atoms with Crippen LogP contribution in [0.5, 0.6) is 0 Å². The van der Waals surface area contributed by atoms with Crippen LogP contribution < -0.4 is 5.73 Å². The topological polar surface area (TPSA) is 38.9 Å². The van der Waals surface area contributed by atoms with E-state index in [-0.39, 0.29) is 6.04 Å². The lowest BCUT2D eigenvalue weighted by Crippen LogP contribution is -2.11. The van der Waals surface area contributed by atoms with Gasteiger partial charge in [0.25, 0.3) is 0 Å². The number of hydrogen-bond acceptors (Lipinski definition) is 2. The summed E-state index contributed by atoms with van der Waals surface area (Å²) in [6.45, 7) is 9.85. The molecule has 0 saturated heterocycles. The van der Waals surface area contributed by atoms with E-state index in [0.29, 0.717) is 0 Å². The summed E-state index contributed by atoms with van der Waals surface area (Å²) in [6.07, 6.45) is 0.836. The highest BCUT2D eigenvalue weighted by atomic mass is 14.7. The van der Waals surface area contributed by atoms with Gasteiger partial charge in [0.15, 0.2) is 0 Å². The molecule has 2 nitrogen and oxygen atoms in total. The number of aryl methyl sites for hydroxylation is 2. The molecule has 0 fully saturated rings. The van der Waals surface area contributed by atoms with Gasteiger partial charge in [-0.05, 0) is 44.9 Å². The summed E-state index contributed by atoms with van der Waals surface area (Å²) in [4.78, 5) is 4.32. The predicted molar refractivity (Wildman–Crippen MR) is 60.1 cm³/mol. The minimum absolute atomic E-state index is 0.0490. The molecule has 76 valence electrons.